The molecule has 3 atom stereocenters. The second-order valence-electron chi connectivity index (χ2n) is 13.2. The number of anilines is 1. The van der Waals surface area contributed by atoms with E-state index in [2.05, 4.69) is 52.9 Å². The van der Waals surface area contributed by atoms with Gasteiger partial charge in [0.05, 0.1) is 24.9 Å². The zero-order valence-electron chi connectivity index (χ0n) is 27.8. The number of nitrogens with one attached hydrogen (secondary N) is 1. The number of likely N-dealkylation sites (tertiary alicyclic amines) is 1. The first-order chi connectivity index (χ1) is 21.1. The number of fused-ring (bicyclic) bond motifs is 1. The van der Waals surface area contributed by atoms with E-state index in [1.165, 1.54) is 0 Å². The van der Waals surface area contributed by atoms with Gasteiger partial charge in [-0.15, -0.1) is 0 Å². The summed E-state index contributed by atoms with van der Waals surface area (Å²) in [5.41, 5.74) is 4.28. The molecule has 1 fully saturated rings. The molecule has 0 spiro atoms. The van der Waals surface area contributed by atoms with Crippen molar-refractivity contribution in [1.82, 2.24) is 4.90 Å². The Balaban J connectivity index is 1.59. The second-order valence-corrected chi connectivity index (χ2v) is 18.6. The van der Waals surface area contributed by atoms with Crippen LogP contribution in [0.2, 0.25) is 16.6 Å². The number of methoxy groups -OCH3 is 1. The molecule has 0 radical (unpaired) electrons. The number of hydrogen-bond acceptors (Lipinski definition) is 7. The van der Waals surface area contributed by atoms with Crippen LogP contribution in [0.5, 0.6) is 5.75 Å². The van der Waals surface area contributed by atoms with Gasteiger partial charge in [-0.1, -0.05) is 77.9 Å². The molecule has 0 aromatic heterocycles. The Labute approximate surface area is 265 Å². The van der Waals surface area contributed by atoms with Crippen molar-refractivity contribution < 1.29 is 28.2 Å². The summed E-state index contributed by atoms with van der Waals surface area (Å²) in [7, 11) is -0.469. The van der Waals surface area contributed by atoms with Crippen molar-refractivity contribution in [3.8, 4) is 5.75 Å². The van der Waals surface area contributed by atoms with Gasteiger partial charge in [0.2, 0.25) is 8.32 Å². The van der Waals surface area contributed by atoms with Gasteiger partial charge in [0.25, 0.3) is 0 Å². The molecule has 0 aliphatic carbocycles. The Morgan fingerprint density at radius 2 is 1.73 bits per heavy atom. The average Bonchev–Trinajstić information content (AvgIpc) is 3.01. The van der Waals surface area contributed by atoms with Crippen molar-refractivity contribution in [2.45, 2.75) is 103 Å². The van der Waals surface area contributed by atoms with Crippen molar-refractivity contribution in [2.24, 2.45) is 5.92 Å². The second kappa shape index (κ2) is 16.1. The number of amides is 1. The first-order valence-corrected chi connectivity index (χ1v) is 18.5. The molecule has 2 aliphatic rings. The lowest BCUT2D eigenvalue weighted by atomic mass is 9.88. The highest BCUT2D eigenvalue weighted by Gasteiger charge is 2.50. The fourth-order valence-electron chi connectivity index (χ4n) is 7.22. The van der Waals surface area contributed by atoms with E-state index in [1.54, 1.807) is 12.0 Å². The van der Waals surface area contributed by atoms with Crippen LogP contribution >= 0.6 is 0 Å². The number of carbonyl (C=O) groups excluding carboxylic acids is 1. The van der Waals surface area contributed by atoms with Crippen LogP contribution in [0, 0.1) is 5.92 Å². The number of hydrogen-bond donors (Lipinski definition) is 1. The Morgan fingerprint density at radius 1 is 1.00 bits per heavy atom. The van der Waals surface area contributed by atoms with Crippen LogP contribution < -0.4 is 10.1 Å². The highest BCUT2D eigenvalue weighted by molar-refractivity contribution is 6.77. The molecule has 9 heteroatoms. The van der Waals surface area contributed by atoms with E-state index in [-0.39, 0.29) is 24.7 Å². The predicted molar refractivity (Wildman–Crippen MR) is 177 cm³/mol. The van der Waals surface area contributed by atoms with E-state index in [0.29, 0.717) is 49.4 Å². The first kappa shape index (κ1) is 34.3. The Morgan fingerprint density at radius 3 is 2.41 bits per heavy atom. The monoisotopic (exact) mass is 626 g/mol. The minimum atomic E-state index is -2.22. The van der Waals surface area contributed by atoms with Crippen molar-refractivity contribution in [3.05, 3.63) is 59.7 Å². The van der Waals surface area contributed by atoms with Gasteiger partial charge in [0.1, 0.15) is 25.2 Å². The highest BCUT2D eigenvalue weighted by Crippen LogP contribution is 2.45. The highest BCUT2D eigenvalue weighted by atomic mass is 28.4. The van der Waals surface area contributed by atoms with Crippen LogP contribution in [0.3, 0.4) is 0 Å². The van der Waals surface area contributed by atoms with Gasteiger partial charge in [0.15, 0.2) is 0 Å². The number of rotatable bonds is 14. The first-order valence-electron chi connectivity index (χ1n) is 16.4. The maximum absolute atomic E-state index is 13.8. The van der Waals surface area contributed by atoms with Crippen molar-refractivity contribution >= 4 is 20.1 Å². The lowest BCUT2D eigenvalue weighted by molar-refractivity contribution is -0.122. The summed E-state index contributed by atoms with van der Waals surface area (Å²) < 4.78 is 31.1. The van der Waals surface area contributed by atoms with Crippen molar-refractivity contribution in [2.75, 3.05) is 38.7 Å². The summed E-state index contributed by atoms with van der Waals surface area (Å²) in [5.74, 6) is 1.09. The molecule has 1 amide bonds. The molecular formula is C35H54N2O6Si. The molecule has 3 unspecified atom stereocenters. The number of benzene rings is 2. The molecule has 1 saturated heterocycles. The molecule has 0 bridgehead atoms. The predicted octanol–water partition coefficient (Wildman–Crippen LogP) is 7.98. The zero-order chi connectivity index (χ0) is 31.7. The lowest BCUT2D eigenvalue weighted by Gasteiger charge is -2.50. The number of carbonyl (C=O) groups is 1. The van der Waals surface area contributed by atoms with Gasteiger partial charge in [-0.3, -0.25) is 4.90 Å². The lowest BCUT2D eigenvalue weighted by Crippen LogP contribution is -2.59. The Bertz CT molecular complexity index is 1160. The average molecular weight is 627 g/mol. The van der Waals surface area contributed by atoms with Crippen LogP contribution in [0.25, 0.3) is 0 Å². The van der Waals surface area contributed by atoms with Gasteiger partial charge >= 0.3 is 6.09 Å². The summed E-state index contributed by atoms with van der Waals surface area (Å²) in [6, 6.07) is 15.9. The standard InChI is InChI=1S/C35H54N2O6Si/c1-25(2)44(26(3)4,27(5)6)43-33-22-37(35(38)42-23-28-12-9-8-10-13-28)34(21-30(33)14-11-18-39-7)41-24-29-15-16-32-31(20-29)36-17-19-40-32/h8-10,12-13,15-16,20,25-27,30,33-34,36H,11,14,17-19,21-24H2,1-7H3. The molecular weight excluding hydrogens is 572 g/mol. The Kier molecular flexibility index (Phi) is 12.6. The van der Waals surface area contributed by atoms with Gasteiger partial charge in [0, 0.05) is 20.3 Å². The zero-order valence-corrected chi connectivity index (χ0v) is 28.8. The summed E-state index contributed by atoms with van der Waals surface area (Å²) >= 11 is 0. The van der Waals surface area contributed by atoms with Crippen LogP contribution in [0.1, 0.15) is 71.9 Å². The summed E-state index contributed by atoms with van der Waals surface area (Å²) in [6.07, 6.45) is 1.67. The van der Waals surface area contributed by atoms with E-state index in [4.69, 9.17) is 23.4 Å². The molecule has 2 aromatic rings. The number of nitrogens with zero attached hydrogens (tertiary/aromatic N) is 1. The van der Waals surface area contributed by atoms with Crippen LogP contribution in [-0.4, -0.2) is 65.1 Å². The molecule has 8 nitrogen and oxygen atoms in total. The van der Waals surface area contributed by atoms with E-state index >= 15 is 0 Å². The van der Waals surface area contributed by atoms with E-state index in [0.717, 1.165) is 42.0 Å². The minimum Gasteiger partial charge on any atom is -0.490 e. The topological polar surface area (TPSA) is 78.5 Å². The van der Waals surface area contributed by atoms with Gasteiger partial charge < -0.3 is 28.7 Å². The van der Waals surface area contributed by atoms with Gasteiger partial charge in [-0.2, -0.15) is 0 Å². The fraction of sp³-hybridized carbons (Fsp3) is 0.629. The van der Waals surface area contributed by atoms with Crippen LogP contribution in [0.4, 0.5) is 10.5 Å². The van der Waals surface area contributed by atoms with E-state index < -0.39 is 14.5 Å². The number of piperidine rings is 1. The normalized spacial score (nSPS) is 20.4. The summed E-state index contributed by atoms with van der Waals surface area (Å²) in [4.78, 5) is 15.6. The molecule has 44 heavy (non-hydrogen) atoms. The maximum Gasteiger partial charge on any atom is 0.412 e. The molecule has 244 valence electrons. The molecule has 1 N–H and O–H groups in total. The molecule has 0 saturated carbocycles. The third-order valence-corrected chi connectivity index (χ3v) is 15.5. The molecule has 4 rings (SSSR count). The number of ether oxygens (including phenoxy) is 4. The largest absolute Gasteiger partial charge is 0.490 e. The quantitative estimate of drug-likeness (QED) is 0.168. The third kappa shape index (κ3) is 8.36. The van der Waals surface area contributed by atoms with Gasteiger partial charge in [-0.05, 0) is 65.1 Å². The fourth-order valence-corrected chi connectivity index (χ4v) is 12.8. The van der Waals surface area contributed by atoms with Crippen LogP contribution in [0.15, 0.2) is 48.5 Å². The van der Waals surface area contributed by atoms with Crippen LogP contribution in [-0.2, 0) is 31.9 Å². The minimum absolute atomic E-state index is 0.0973. The van der Waals surface area contributed by atoms with E-state index in [9.17, 15) is 4.79 Å². The smallest absolute Gasteiger partial charge is 0.412 e. The van der Waals surface area contributed by atoms with Crippen molar-refractivity contribution in [3.63, 3.8) is 0 Å². The molecule has 2 aliphatic heterocycles. The summed E-state index contributed by atoms with van der Waals surface area (Å²) in [6.45, 7) is 17.0. The summed E-state index contributed by atoms with van der Waals surface area (Å²) in [5, 5.41) is 3.40. The van der Waals surface area contributed by atoms with E-state index in [1.807, 2.05) is 42.5 Å². The van der Waals surface area contributed by atoms with Gasteiger partial charge in [-0.25, -0.2) is 4.79 Å². The molecule has 2 heterocycles. The molecule has 2 aromatic carbocycles. The maximum atomic E-state index is 13.8. The third-order valence-electron chi connectivity index (χ3n) is 9.34. The Hall–Kier alpha value is -2.59. The van der Waals surface area contributed by atoms with Crippen molar-refractivity contribution in [1.29, 1.82) is 0 Å². The SMILES string of the molecule is COCCCC1CC(OCc2ccc3c(c2)NCCO3)N(C(=O)OCc2ccccc2)CC1O[Si](C(C)C)(C(C)C)C(C)C.